The Kier molecular flexibility index (Phi) is 5.61. The lowest BCUT2D eigenvalue weighted by molar-refractivity contribution is -0.121. The summed E-state index contributed by atoms with van der Waals surface area (Å²) in [6.45, 7) is 4.18. The summed E-state index contributed by atoms with van der Waals surface area (Å²) in [5.41, 5.74) is 9.37. The molecule has 5 nitrogen and oxygen atoms in total. The van der Waals surface area contributed by atoms with Crippen molar-refractivity contribution in [2.45, 2.75) is 44.6 Å². The zero-order valence-corrected chi connectivity index (χ0v) is 14.8. The molecule has 1 aliphatic heterocycles. The third-order valence-corrected chi connectivity index (χ3v) is 5.30. The number of benzene rings is 1. The van der Waals surface area contributed by atoms with Crippen LogP contribution in [0.15, 0.2) is 18.2 Å². The SMILES string of the molecule is CN1CCN(c2ccc(CCC(=O)NC3CCCC3)cc2N)CC1. The minimum Gasteiger partial charge on any atom is -0.397 e. The molecule has 2 fully saturated rings. The summed E-state index contributed by atoms with van der Waals surface area (Å²) in [4.78, 5) is 16.7. The van der Waals surface area contributed by atoms with Gasteiger partial charge in [-0.15, -0.1) is 0 Å². The van der Waals surface area contributed by atoms with Gasteiger partial charge in [0.05, 0.1) is 11.4 Å². The van der Waals surface area contributed by atoms with Crippen LogP contribution >= 0.6 is 0 Å². The van der Waals surface area contributed by atoms with E-state index in [0.717, 1.165) is 62.4 Å². The molecule has 0 aromatic heterocycles. The van der Waals surface area contributed by atoms with Crippen LogP contribution in [0.5, 0.6) is 0 Å². The van der Waals surface area contributed by atoms with Crippen LogP contribution in [0.25, 0.3) is 0 Å². The Labute approximate surface area is 145 Å². The van der Waals surface area contributed by atoms with Crippen molar-refractivity contribution in [1.82, 2.24) is 10.2 Å². The molecule has 1 aromatic rings. The van der Waals surface area contributed by atoms with Crippen molar-refractivity contribution in [3.8, 4) is 0 Å². The molecule has 0 radical (unpaired) electrons. The first-order valence-electron chi connectivity index (χ1n) is 9.23. The number of anilines is 2. The standard InChI is InChI=1S/C19H30N4O/c1-22-10-12-23(13-11-22)18-8-6-15(14-17(18)20)7-9-19(24)21-16-4-2-3-5-16/h6,8,14,16H,2-5,7,9-13,20H2,1H3,(H,21,24). The van der Waals surface area contributed by atoms with Crippen LogP contribution in [-0.4, -0.2) is 50.1 Å². The highest BCUT2D eigenvalue weighted by molar-refractivity contribution is 5.77. The average molecular weight is 330 g/mol. The second-order valence-corrected chi connectivity index (χ2v) is 7.23. The summed E-state index contributed by atoms with van der Waals surface area (Å²) < 4.78 is 0. The van der Waals surface area contributed by atoms with Crippen LogP contribution in [0.1, 0.15) is 37.7 Å². The molecule has 132 valence electrons. The van der Waals surface area contributed by atoms with Crippen molar-refractivity contribution in [3.63, 3.8) is 0 Å². The number of hydrogen-bond acceptors (Lipinski definition) is 4. The van der Waals surface area contributed by atoms with E-state index in [0.29, 0.717) is 12.5 Å². The highest BCUT2D eigenvalue weighted by Crippen LogP contribution is 2.26. The van der Waals surface area contributed by atoms with E-state index in [1.54, 1.807) is 0 Å². The highest BCUT2D eigenvalue weighted by atomic mass is 16.1. The Balaban J connectivity index is 1.51. The van der Waals surface area contributed by atoms with Crippen LogP contribution in [0.2, 0.25) is 0 Å². The second kappa shape index (κ2) is 7.88. The number of amides is 1. The maximum atomic E-state index is 12.0. The third-order valence-electron chi connectivity index (χ3n) is 5.30. The van der Waals surface area contributed by atoms with Gasteiger partial charge in [-0.25, -0.2) is 0 Å². The molecule has 24 heavy (non-hydrogen) atoms. The van der Waals surface area contributed by atoms with Crippen molar-refractivity contribution in [2.24, 2.45) is 0 Å². The van der Waals surface area contributed by atoms with Gasteiger partial charge in [0, 0.05) is 38.6 Å². The van der Waals surface area contributed by atoms with E-state index in [2.05, 4.69) is 34.3 Å². The molecular formula is C19H30N4O. The predicted octanol–water partition coefficient (Wildman–Crippen LogP) is 2.01. The minimum atomic E-state index is 0.170. The fraction of sp³-hybridized carbons (Fsp3) is 0.632. The number of carbonyl (C=O) groups is 1. The van der Waals surface area contributed by atoms with Gasteiger partial charge in [-0.05, 0) is 44.0 Å². The normalized spacial score (nSPS) is 19.6. The molecule has 1 aromatic carbocycles. The summed E-state index contributed by atoms with van der Waals surface area (Å²) in [5.74, 6) is 0.170. The Morgan fingerprint density at radius 3 is 2.58 bits per heavy atom. The van der Waals surface area contributed by atoms with Gasteiger partial charge in [0.2, 0.25) is 5.91 Å². The van der Waals surface area contributed by atoms with Crippen molar-refractivity contribution in [2.75, 3.05) is 43.9 Å². The fourth-order valence-corrected chi connectivity index (χ4v) is 3.72. The van der Waals surface area contributed by atoms with Gasteiger partial charge in [0.1, 0.15) is 0 Å². The van der Waals surface area contributed by atoms with E-state index in [4.69, 9.17) is 5.73 Å². The molecule has 1 amide bonds. The minimum absolute atomic E-state index is 0.170. The van der Waals surface area contributed by atoms with E-state index in [-0.39, 0.29) is 5.91 Å². The number of aryl methyl sites for hydroxylation is 1. The number of likely N-dealkylation sites (N-methyl/N-ethyl adjacent to an activating group) is 1. The molecule has 1 aliphatic carbocycles. The van der Waals surface area contributed by atoms with Gasteiger partial charge < -0.3 is 20.9 Å². The number of nitrogen functional groups attached to an aromatic ring is 1. The Morgan fingerprint density at radius 1 is 1.21 bits per heavy atom. The summed E-state index contributed by atoms with van der Waals surface area (Å²) in [6.07, 6.45) is 6.07. The number of nitrogens with zero attached hydrogens (tertiary/aromatic N) is 2. The summed E-state index contributed by atoms with van der Waals surface area (Å²) in [7, 11) is 2.15. The zero-order valence-electron chi connectivity index (χ0n) is 14.8. The Morgan fingerprint density at radius 2 is 1.92 bits per heavy atom. The van der Waals surface area contributed by atoms with Crippen LogP contribution in [0.3, 0.4) is 0 Å². The topological polar surface area (TPSA) is 61.6 Å². The molecule has 3 rings (SSSR count). The second-order valence-electron chi connectivity index (χ2n) is 7.23. The first-order chi connectivity index (χ1) is 11.6. The van der Waals surface area contributed by atoms with Crippen LogP contribution in [0.4, 0.5) is 11.4 Å². The van der Waals surface area contributed by atoms with Crippen molar-refractivity contribution < 1.29 is 4.79 Å². The van der Waals surface area contributed by atoms with Crippen LogP contribution in [0, 0.1) is 0 Å². The number of nitrogens with one attached hydrogen (secondary N) is 1. The van der Waals surface area contributed by atoms with E-state index < -0.39 is 0 Å². The monoisotopic (exact) mass is 330 g/mol. The fourth-order valence-electron chi connectivity index (χ4n) is 3.72. The Bertz CT molecular complexity index is 560. The maximum absolute atomic E-state index is 12.0. The van der Waals surface area contributed by atoms with E-state index in [1.165, 1.54) is 12.8 Å². The molecule has 0 spiro atoms. The Hall–Kier alpha value is -1.75. The van der Waals surface area contributed by atoms with Gasteiger partial charge in [0.15, 0.2) is 0 Å². The van der Waals surface area contributed by atoms with E-state index in [1.807, 2.05) is 6.07 Å². The predicted molar refractivity (Wildman–Crippen MR) is 99.3 cm³/mol. The van der Waals surface area contributed by atoms with Gasteiger partial charge in [-0.3, -0.25) is 4.79 Å². The lowest BCUT2D eigenvalue weighted by Gasteiger charge is -2.34. The molecule has 1 heterocycles. The highest BCUT2D eigenvalue weighted by Gasteiger charge is 2.18. The molecule has 0 unspecified atom stereocenters. The van der Waals surface area contributed by atoms with Gasteiger partial charge >= 0.3 is 0 Å². The van der Waals surface area contributed by atoms with Gasteiger partial charge in [-0.1, -0.05) is 18.9 Å². The smallest absolute Gasteiger partial charge is 0.220 e. The summed E-state index contributed by atoms with van der Waals surface area (Å²) in [6, 6.07) is 6.68. The summed E-state index contributed by atoms with van der Waals surface area (Å²) in [5, 5.41) is 3.15. The quantitative estimate of drug-likeness (QED) is 0.811. The molecule has 2 aliphatic rings. The number of nitrogens with two attached hydrogens (primary N) is 1. The van der Waals surface area contributed by atoms with Crippen LogP contribution < -0.4 is 16.0 Å². The first kappa shape index (κ1) is 17.1. The average Bonchev–Trinajstić information content (AvgIpc) is 3.07. The van der Waals surface area contributed by atoms with Crippen LogP contribution in [-0.2, 0) is 11.2 Å². The number of hydrogen-bond donors (Lipinski definition) is 2. The largest absolute Gasteiger partial charge is 0.397 e. The number of carbonyl (C=O) groups excluding carboxylic acids is 1. The third kappa shape index (κ3) is 4.41. The lowest BCUT2D eigenvalue weighted by atomic mass is 10.1. The number of rotatable bonds is 5. The van der Waals surface area contributed by atoms with Crippen molar-refractivity contribution in [1.29, 1.82) is 0 Å². The molecular weight excluding hydrogens is 300 g/mol. The van der Waals surface area contributed by atoms with Gasteiger partial charge in [0.25, 0.3) is 0 Å². The van der Waals surface area contributed by atoms with E-state index >= 15 is 0 Å². The molecule has 1 saturated carbocycles. The van der Waals surface area contributed by atoms with Crippen molar-refractivity contribution in [3.05, 3.63) is 23.8 Å². The molecule has 0 bridgehead atoms. The van der Waals surface area contributed by atoms with Gasteiger partial charge in [-0.2, -0.15) is 0 Å². The molecule has 3 N–H and O–H groups in total. The number of piperazine rings is 1. The zero-order chi connectivity index (χ0) is 16.9. The van der Waals surface area contributed by atoms with E-state index in [9.17, 15) is 4.79 Å². The lowest BCUT2D eigenvalue weighted by Crippen LogP contribution is -2.44. The molecule has 0 atom stereocenters. The first-order valence-corrected chi connectivity index (χ1v) is 9.23. The maximum Gasteiger partial charge on any atom is 0.220 e. The van der Waals surface area contributed by atoms with Crippen molar-refractivity contribution >= 4 is 17.3 Å². The summed E-state index contributed by atoms with van der Waals surface area (Å²) >= 11 is 0. The molecule has 5 heteroatoms. The molecule has 1 saturated heterocycles.